The quantitative estimate of drug-likeness (QED) is 0.578. The van der Waals surface area contributed by atoms with E-state index >= 15 is 0 Å². The minimum Gasteiger partial charge on any atom is -0.350 e. The summed E-state index contributed by atoms with van der Waals surface area (Å²) in [6, 6.07) is 24.7. The lowest BCUT2D eigenvalue weighted by atomic mass is 10.0. The third kappa shape index (κ3) is 3.52. The van der Waals surface area contributed by atoms with Crippen molar-refractivity contribution in [2.45, 2.75) is 26.7 Å². The van der Waals surface area contributed by atoms with E-state index in [9.17, 15) is 9.59 Å². The van der Waals surface area contributed by atoms with Crippen molar-refractivity contribution in [2.24, 2.45) is 0 Å². The smallest absolute Gasteiger partial charge is 0.282 e. The standard InChI is InChI=1S/C26H24N2O2/c1-17(2)19-13-15-21(16-14-19)28-25(29)23(20-10-5-4-6-11-20)24(26(28)30)27-22-12-8-7-9-18(22)3/h4-17,27H,1-3H3. The zero-order chi connectivity index (χ0) is 21.3. The van der Waals surface area contributed by atoms with Gasteiger partial charge in [0.1, 0.15) is 5.70 Å². The van der Waals surface area contributed by atoms with E-state index in [-0.39, 0.29) is 11.8 Å². The van der Waals surface area contributed by atoms with Crippen LogP contribution in [-0.2, 0) is 9.59 Å². The van der Waals surface area contributed by atoms with E-state index in [4.69, 9.17) is 0 Å². The number of imide groups is 1. The van der Waals surface area contributed by atoms with Gasteiger partial charge in [-0.1, -0.05) is 74.5 Å². The Hall–Kier alpha value is -3.66. The van der Waals surface area contributed by atoms with Gasteiger partial charge in [-0.2, -0.15) is 0 Å². The average Bonchev–Trinajstić information content (AvgIpc) is 3.00. The summed E-state index contributed by atoms with van der Waals surface area (Å²) in [4.78, 5) is 28.1. The predicted octanol–water partition coefficient (Wildman–Crippen LogP) is 5.52. The van der Waals surface area contributed by atoms with E-state index in [1.165, 1.54) is 4.90 Å². The van der Waals surface area contributed by atoms with E-state index < -0.39 is 0 Å². The molecular formula is C26H24N2O2. The number of hydrogen-bond donors (Lipinski definition) is 1. The SMILES string of the molecule is Cc1ccccc1NC1=C(c2ccccc2)C(=O)N(c2ccc(C(C)C)cc2)C1=O. The lowest BCUT2D eigenvalue weighted by Gasteiger charge is -2.17. The number of aryl methyl sites for hydroxylation is 1. The Morgan fingerprint density at radius 1 is 0.767 bits per heavy atom. The summed E-state index contributed by atoms with van der Waals surface area (Å²) in [5.74, 6) is -0.292. The van der Waals surface area contributed by atoms with Crippen molar-refractivity contribution in [3.8, 4) is 0 Å². The summed E-state index contributed by atoms with van der Waals surface area (Å²) in [6.07, 6.45) is 0. The van der Waals surface area contributed by atoms with E-state index in [1.807, 2.05) is 85.8 Å². The minimum atomic E-state index is -0.348. The van der Waals surface area contributed by atoms with Gasteiger partial charge in [0.2, 0.25) is 0 Å². The fourth-order valence-corrected chi connectivity index (χ4v) is 3.61. The van der Waals surface area contributed by atoms with Gasteiger partial charge in [-0.05, 0) is 47.7 Å². The van der Waals surface area contributed by atoms with Crippen LogP contribution in [0.4, 0.5) is 11.4 Å². The van der Waals surface area contributed by atoms with Gasteiger partial charge in [0.05, 0.1) is 11.3 Å². The van der Waals surface area contributed by atoms with E-state index in [1.54, 1.807) is 0 Å². The third-order valence-corrected chi connectivity index (χ3v) is 5.37. The van der Waals surface area contributed by atoms with Crippen LogP contribution in [0.5, 0.6) is 0 Å². The Morgan fingerprint density at radius 3 is 2.03 bits per heavy atom. The van der Waals surface area contributed by atoms with Gasteiger partial charge >= 0.3 is 0 Å². The van der Waals surface area contributed by atoms with Gasteiger partial charge in [0.25, 0.3) is 11.8 Å². The maximum absolute atomic E-state index is 13.4. The van der Waals surface area contributed by atoms with Crippen LogP contribution in [0, 0.1) is 6.92 Å². The summed E-state index contributed by atoms with van der Waals surface area (Å²) in [7, 11) is 0. The second-order valence-electron chi connectivity index (χ2n) is 7.75. The van der Waals surface area contributed by atoms with Crippen molar-refractivity contribution in [3.05, 3.63) is 101 Å². The van der Waals surface area contributed by atoms with Crippen LogP contribution in [0.2, 0.25) is 0 Å². The van der Waals surface area contributed by atoms with Crippen LogP contribution in [0.1, 0.15) is 36.5 Å². The maximum atomic E-state index is 13.4. The summed E-state index contributed by atoms with van der Waals surface area (Å²) in [5.41, 5.74) is 4.94. The number of anilines is 2. The number of carbonyl (C=O) groups is 2. The van der Waals surface area contributed by atoms with Crippen LogP contribution < -0.4 is 10.2 Å². The highest BCUT2D eigenvalue weighted by atomic mass is 16.2. The topological polar surface area (TPSA) is 49.4 Å². The Balaban J connectivity index is 1.79. The van der Waals surface area contributed by atoms with Crippen molar-refractivity contribution in [1.29, 1.82) is 0 Å². The fraction of sp³-hybridized carbons (Fsp3) is 0.154. The first-order valence-corrected chi connectivity index (χ1v) is 10.1. The molecule has 4 rings (SSSR count). The van der Waals surface area contributed by atoms with Gasteiger partial charge in [-0.3, -0.25) is 9.59 Å². The molecule has 30 heavy (non-hydrogen) atoms. The van der Waals surface area contributed by atoms with Crippen molar-refractivity contribution in [1.82, 2.24) is 0 Å². The molecule has 4 nitrogen and oxygen atoms in total. The number of rotatable bonds is 5. The van der Waals surface area contributed by atoms with Gasteiger partial charge in [-0.15, -0.1) is 0 Å². The molecular weight excluding hydrogens is 372 g/mol. The molecule has 0 aliphatic carbocycles. The van der Waals surface area contributed by atoms with Crippen LogP contribution >= 0.6 is 0 Å². The highest BCUT2D eigenvalue weighted by molar-refractivity contribution is 6.46. The Bertz CT molecular complexity index is 1130. The number of hydrogen-bond acceptors (Lipinski definition) is 3. The number of para-hydroxylation sites is 1. The molecule has 1 heterocycles. The summed E-state index contributed by atoms with van der Waals surface area (Å²) < 4.78 is 0. The van der Waals surface area contributed by atoms with Crippen molar-refractivity contribution < 1.29 is 9.59 Å². The third-order valence-electron chi connectivity index (χ3n) is 5.37. The highest BCUT2D eigenvalue weighted by Gasteiger charge is 2.40. The van der Waals surface area contributed by atoms with Crippen molar-refractivity contribution >= 4 is 28.8 Å². The van der Waals surface area contributed by atoms with E-state index in [2.05, 4.69) is 19.2 Å². The first-order chi connectivity index (χ1) is 14.5. The monoisotopic (exact) mass is 396 g/mol. The summed E-state index contributed by atoms with van der Waals surface area (Å²) in [5, 5.41) is 3.23. The van der Waals surface area contributed by atoms with E-state index in [0.717, 1.165) is 16.8 Å². The number of benzene rings is 3. The maximum Gasteiger partial charge on any atom is 0.282 e. The zero-order valence-electron chi connectivity index (χ0n) is 17.3. The zero-order valence-corrected chi connectivity index (χ0v) is 17.3. The summed E-state index contributed by atoms with van der Waals surface area (Å²) in [6.45, 7) is 6.19. The Labute approximate surface area is 176 Å². The van der Waals surface area contributed by atoms with Crippen LogP contribution in [0.25, 0.3) is 5.57 Å². The first kappa shape index (κ1) is 19.6. The van der Waals surface area contributed by atoms with Crippen molar-refractivity contribution in [2.75, 3.05) is 10.2 Å². The molecule has 1 aliphatic rings. The fourth-order valence-electron chi connectivity index (χ4n) is 3.61. The molecule has 0 saturated heterocycles. The molecule has 1 aliphatic heterocycles. The van der Waals surface area contributed by atoms with Gasteiger partial charge in [0, 0.05) is 5.69 Å². The second-order valence-corrected chi connectivity index (χ2v) is 7.75. The molecule has 0 radical (unpaired) electrons. The molecule has 150 valence electrons. The number of amides is 2. The van der Waals surface area contributed by atoms with Gasteiger partial charge < -0.3 is 5.32 Å². The van der Waals surface area contributed by atoms with Gasteiger partial charge in [-0.25, -0.2) is 4.90 Å². The molecule has 0 atom stereocenters. The average molecular weight is 396 g/mol. The number of nitrogens with one attached hydrogen (secondary N) is 1. The normalized spacial score (nSPS) is 14.1. The first-order valence-electron chi connectivity index (χ1n) is 10.1. The molecule has 0 aromatic heterocycles. The largest absolute Gasteiger partial charge is 0.350 e. The van der Waals surface area contributed by atoms with Crippen LogP contribution in [-0.4, -0.2) is 11.8 Å². The molecule has 0 unspecified atom stereocenters. The lowest BCUT2D eigenvalue weighted by Crippen LogP contribution is -2.32. The molecule has 1 N–H and O–H groups in total. The molecule has 3 aromatic carbocycles. The second kappa shape index (κ2) is 7.99. The number of carbonyl (C=O) groups excluding carboxylic acids is 2. The van der Waals surface area contributed by atoms with Crippen LogP contribution in [0.3, 0.4) is 0 Å². The van der Waals surface area contributed by atoms with Crippen LogP contribution in [0.15, 0.2) is 84.6 Å². The Morgan fingerprint density at radius 2 is 1.40 bits per heavy atom. The lowest BCUT2D eigenvalue weighted by molar-refractivity contribution is -0.120. The molecule has 0 fully saturated rings. The van der Waals surface area contributed by atoms with Gasteiger partial charge in [0.15, 0.2) is 0 Å². The summed E-state index contributed by atoms with van der Waals surface area (Å²) >= 11 is 0. The molecule has 3 aromatic rings. The molecule has 0 bridgehead atoms. The molecule has 0 spiro atoms. The molecule has 2 amide bonds. The molecule has 0 saturated carbocycles. The number of nitrogens with zero attached hydrogens (tertiary/aromatic N) is 1. The Kier molecular flexibility index (Phi) is 5.23. The van der Waals surface area contributed by atoms with Crippen molar-refractivity contribution in [3.63, 3.8) is 0 Å². The van der Waals surface area contributed by atoms with E-state index in [0.29, 0.717) is 28.4 Å². The molecule has 4 heteroatoms. The minimum absolute atomic E-state index is 0.299. The predicted molar refractivity (Wildman–Crippen MR) is 121 cm³/mol. The highest BCUT2D eigenvalue weighted by Crippen LogP contribution is 2.34.